The molecule has 1 saturated heterocycles. The Morgan fingerprint density at radius 3 is 2.95 bits per heavy atom. The van der Waals surface area contributed by atoms with Gasteiger partial charge in [-0.05, 0) is 30.0 Å². The van der Waals surface area contributed by atoms with Gasteiger partial charge in [-0.3, -0.25) is 9.69 Å². The number of likely N-dealkylation sites (tertiary alicyclic amines) is 1. The molecule has 19 heavy (non-hydrogen) atoms. The Labute approximate surface area is 114 Å². The standard InChI is InChI=1S/C15H21NO3/c1-11-6-13(15(17)18)10-16(8-11)9-12-4-3-5-14(7-12)19-2/h3-5,7,11,13H,6,8-10H2,1-2H3,(H,17,18). The number of rotatable bonds is 4. The summed E-state index contributed by atoms with van der Waals surface area (Å²) >= 11 is 0. The van der Waals surface area contributed by atoms with Gasteiger partial charge in [0, 0.05) is 19.6 Å². The van der Waals surface area contributed by atoms with Crippen molar-refractivity contribution in [3.05, 3.63) is 29.8 Å². The van der Waals surface area contributed by atoms with Gasteiger partial charge in [0.15, 0.2) is 0 Å². The van der Waals surface area contributed by atoms with E-state index in [1.165, 1.54) is 0 Å². The SMILES string of the molecule is COc1cccc(CN2CC(C)CC(C(=O)O)C2)c1. The molecule has 1 heterocycles. The first-order valence-electron chi connectivity index (χ1n) is 6.66. The van der Waals surface area contributed by atoms with Gasteiger partial charge >= 0.3 is 5.97 Å². The third-order valence-corrected chi connectivity index (χ3v) is 3.62. The molecule has 0 saturated carbocycles. The van der Waals surface area contributed by atoms with Crippen LogP contribution in [-0.2, 0) is 11.3 Å². The molecule has 1 fully saturated rings. The Kier molecular flexibility index (Phi) is 4.43. The number of ether oxygens (including phenoxy) is 1. The van der Waals surface area contributed by atoms with Crippen molar-refractivity contribution in [1.29, 1.82) is 0 Å². The summed E-state index contributed by atoms with van der Waals surface area (Å²) in [6.45, 7) is 4.50. The molecule has 4 nitrogen and oxygen atoms in total. The van der Waals surface area contributed by atoms with Crippen LogP contribution in [0.2, 0.25) is 0 Å². The molecular weight excluding hydrogens is 242 g/mol. The Hall–Kier alpha value is -1.55. The number of methoxy groups -OCH3 is 1. The first-order chi connectivity index (χ1) is 9.08. The molecule has 4 heteroatoms. The lowest BCUT2D eigenvalue weighted by molar-refractivity contribution is -0.144. The molecule has 2 unspecified atom stereocenters. The largest absolute Gasteiger partial charge is 0.497 e. The second-order valence-electron chi connectivity index (χ2n) is 5.42. The summed E-state index contributed by atoms with van der Waals surface area (Å²) < 4.78 is 5.21. The lowest BCUT2D eigenvalue weighted by Crippen LogP contribution is -2.41. The molecule has 0 amide bonds. The maximum Gasteiger partial charge on any atom is 0.307 e. The summed E-state index contributed by atoms with van der Waals surface area (Å²) in [4.78, 5) is 13.4. The van der Waals surface area contributed by atoms with Crippen LogP contribution in [0.3, 0.4) is 0 Å². The van der Waals surface area contributed by atoms with E-state index in [0.717, 1.165) is 30.8 Å². The molecule has 1 aliphatic heterocycles. The quantitative estimate of drug-likeness (QED) is 0.905. The smallest absolute Gasteiger partial charge is 0.307 e. The highest BCUT2D eigenvalue weighted by molar-refractivity contribution is 5.70. The van der Waals surface area contributed by atoms with Gasteiger partial charge in [-0.1, -0.05) is 19.1 Å². The van der Waals surface area contributed by atoms with E-state index >= 15 is 0 Å². The van der Waals surface area contributed by atoms with Gasteiger partial charge in [0.05, 0.1) is 13.0 Å². The zero-order chi connectivity index (χ0) is 13.8. The maximum absolute atomic E-state index is 11.2. The summed E-state index contributed by atoms with van der Waals surface area (Å²) in [6.07, 6.45) is 0.782. The van der Waals surface area contributed by atoms with E-state index < -0.39 is 5.97 Å². The van der Waals surface area contributed by atoms with Crippen molar-refractivity contribution in [2.75, 3.05) is 20.2 Å². The normalized spacial score (nSPS) is 24.1. The molecule has 2 rings (SSSR count). The van der Waals surface area contributed by atoms with Crippen LogP contribution in [0.1, 0.15) is 18.9 Å². The number of nitrogens with zero attached hydrogens (tertiary/aromatic N) is 1. The van der Waals surface area contributed by atoms with E-state index in [0.29, 0.717) is 12.5 Å². The second-order valence-corrected chi connectivity index (χ2v) is 5.42. The predicted octanol–water partition coefficient (Wildman–Crippen LogP) is 2.24. The lowest BCUT2D eigenvalue weighted by Gasteiger charge is -2.34. The molecule has 1 aromatic carbocycles. The zero-order valence-corrected chi connectivity index (χ0v) is 11.5. The number of hydrogen-bond donors (Lipinski definition) is 1. The molecule has 0 radical (unpaired) electrons. The minimum atomic E-state index is -0.679. The lowest BCUT2D eigenvalue weighted by atomic mass is 9.90. The van der Waals surface area contributed by atoms with Gasteiger partial charge < -0.3 is 9.84 Å². The van der Waals surface area contributed by atoms with E-state index in [-0.39, 0.29) is 5.92 Å². The first-order valence-corrected chi connectivity index (χ1v) is 6.66. The summed E-state index contributed by atoms with van der Waals surface area (Å²) in [5.41, 5.74) is 1.16. The summed E-state index contributed by atoms with van der Waals surface area (Å²) in [5, 5.41) is 9.18. The molecule has 104 valence electrons. The van der Waals surface area contributed by atoms with E-state index in [1.54, 1.807) is 7.11 Å². The topological polar surface area (TPSA) is 49.8 Å². The molecule has 0 aliphatic carbocycles. The number of carboxylic acid groups (broad SMARTS) is 1. The predicted molar refractivity (Wildman–Crippen MR) is 73.2 cm³/mol. The summed E-state index contributed by atoms with van der Waals surface area (Å²) in [7, 11) is 1.66. The number of benzene rings is 1. The second kappa shape index (κ2) is 6.06. The number of aliphatic carboxylic acids is 1. The van der Waals surface area contributed by atoms with Crippen molar-refractivity contribution >= 4 is 5.97 Å². The van der Waals surface area contributed by atoms with Crippen LogP contribution in [0.15, 0.2) is 24.3 Å². The van der Waals surface area contributed by atoms with Crippen molar-refractivity contribution in [2.24, 2.45) is 11.8 Å². The van der Waals surface area contributed by atoms with Gasteiger partial charge in [-0.25, -0.2) is 0 Å². The Morgan fingerprint density at radius 2 is 2.26 bits per heavy atom. The van der Waals surface area contributed by atoms with E-state index in [4.69, 9.17) is 4.74 Å². The Balaban J connectivity index is 2.03. The number of hydrogen-bond acceptors (Lipinski definition) is 3. The van der Waals surface area contributed by atoms with Crippen molar-refractivity contribution < 1.29 is 14.6 Å². The molecule has 1 aromatic rings. The summed E-state index contributed by atoms with van der Waals surface area (Å²) in [6, 6.07) is 7.95. The van der Waals surface area contributed by atoms with Crippen LogP contribution in [-0.4, -0.2) is 36.2 Å². The van der Waals surface area contributed by atoms with Crippen molar-refractivity contribution in [2.45, 2.75) is 19.9 Å². The Morgan fingerprint density at radius 1 is 1.47 bits per heavy atom. The maximum atomic E-state index is 11.2. The number of carboxylic acids is 1. The van der Waals surface area contributed by atoms with Gasteiger partial charge in [0.1, 0.15) is 5.75 Å². The van der Waals surface area contributed by atoms with Gasteiger partial charge in [0.25, 0.3) is 0 Å². The van der Waals surface area contributed by atoms with E-state index in [2.05, 4.69) is 17.9 Å². The zero-order valence-electron chi connectivity index (χ0n) is 11.5. The van der Waals surface area contributed by atoms with Crippen molar-refractivity contribution in [1.82, 2.24) is 4.90 Å². The van der Waals surface area contributed by atoms with Gasteiger partial charge in [-0.15, -0.1) is 0 Å². The van der Waals surface area contributed by atoms with Crippen LogP contribution in [0.5, 0.6) is 5.75 Å². The average Bonchev–Trinajstić information content (AvgIpc) is 2.38. The molecule has 0 bridgehead atoms. The molecular formula is C15H21NO3. The fraction of sp³-hybridized carbons (Fsp3) is 0.533. The molecule has 0 spiro atoms. The third-order valence-electron chi connectivity index (χ3n) is 3.62. The summed E-state index contributed by atoms with van der Waals surface area (Å²) in [5.74, 6) is 0.356. The fourth-order valence-electron chi connectivity index (χ4n) is 2.80. The van der Waals surface area contributed by atoms with Crippen LogP contribution in [0.25, 0.3) is 0 Å². The van der Waals surface area contributed by atoms with E-state index in [9.17, 15) is 9.90 Å². The number of piperidine rings is 1. The highest BCUT2D eigenvalue weighted by atomic mass is 16.5. The highest BCUT2D eigenvalue weighted by Gasteiger charge is 2.29. The van der Waals surface area contributed by atoms with Gasteiger partial charge in [0.2, 0.25) is 0 Å². The Bertz CT molecular complexity index is 447. The van der Waals surface area contributed by atoms with Crippen LogP contribution >= 0.6 is 0 Å². The highest BCUT2D eigenvalue weighted by Crippen LogP contribution is 2.24. The fourth-order valence-corrected chi connectivity index (χ4v) is 2.80. The van der Waals surface area contributed by atoms with Crippen molar-refractivity contribution in [3.63, 3.8) is 0 Å². The van der Waals surface area contributed by atoms with Crippen LogP contribution < -0.4 is 4.74 Å². The first kappa shape index (κ1) is 13.9. The number of carbonyl (C=O) groups is 1. The van der Waals surface area contributed by atoms with Crippen molar-refractivity contribution in [3.8, 4) is 5.75 Å². The van der Waals surface area contributed by atoms with E-state index in [1.807, 2.05) is 18.2 Å². The molecule has 1 N–H and O–H groups in total. The molecule has 1 aliphatic rings. The molecule has 0 aromatic heterocycles. The average molecular weight is 263 g/mol. The monoisotopic (exact) mass is 263 g/mol. The molecule has 2 atom stereocenters. The third kappa shape index (κ3) is 3.70. The van der Waals surface area contributed by atoms with Gasteiger partial charge in [-0.2, -0.15) is 0 Å². The minimum Gasteiger partial charge on any atom is -0.497 e. The van der Waals surface area contributed by atoms with Crippen LogP contribution in [0, 0.1) is 11.8 Å². The van der Waals surface area contributed by atoms with Crippen LogP contribution in [0.4, 0.5) is 0 Å². The minimum absolute atomic E-state index is 0.241.